The van der Waals surface area contributed by atoms with Crippen molar-refractivity contribution in [1.29, 1.82) is 0 Å². The quantitative estimate of drug-likeness (QED) is 0.390. The van der Waals surface area contributed by atoms with E-state index in [2.05, 4.69) is 24.2 Å². The minimum Gasteiger partial charge on any atom is -0.379 e. The summed E-state index contributed by atoms with van der Waals surface area (Å²) in [6, 6.07) is 0.379. The van der Waals surface area contributed by atoms with Crippen molar-refractivity contribution in [1.82, 2.24) is 5.32 Å². The van der Waals surface area contributed by atoms with Crippen molar-refractivity contribution in [3.05, 3.63) is 0 Å². The fourth-order valence-corrected chi connectivity index (χ4v) is 1.76. The molecule has 0 aromatic heterocycles. The van der Waals surface area contributed by atoms with Gasteiger partial charge in [-0.15, -0.1) is 0 Å². The lowest BCUT2D eigenvalue weighted by Gasteiger charge is -2.12. The van der Waals surface area contributed by atoms with Gasteiger partial charge in [-0.05, 0) is 32.6 Å². The van der Waals surface area contributed by atoms with E-state index in [0.717, 1.165) is 38.9 Å². The second-order valence-corrected chi connectivity index (χ2v) is 4.78. The first-order valence-corrected chi connectivity index (χ1v) is 6.98. The third kappa shape index (κ3) is 6.81. The van der Waals surface area contributed by atoms with Gasteiger partial charge in [0.05, 0.1) is 12.7 Å². The summed E-state index contributed by atoms with van der Waals surface area (Å²) in [7, 11) is 0. The standard InChI is InChI=1S/C13H27N3O2/c1-3-11(2)16-13(14)15-7-5-8-17-10-12-6-4-9-18-12/h11-12H,3-10H2,1-2H3,(H3,14,15,16). The van der Waals surface area contributed by atoms with Crippen molar-refractivity contribution in [2.24, 2.45) is 10.7 Å². The number of aliphatic imine (C=N–C) groups is 1. The Balaban J connectivity index is 1.95. The second kappa shape index (κ2) is 9.16. The maximum Gasteiger partial charge on any atom is 0.188 e. The fraction of sp³-hybridized carbons (Fsp3) is 0.923. The van der Waals surface area contributed by atoms with Gasteiger partial charge in [0.25, 0.3) is 0 Å². The van der Waals surface area contributed by atoms with Gasteiger partial charge in [0, 0.05) is 25.8 Å². The molecule has 0 saturated carbocycles. The summed E-state index contributed by atoms with van der Waals surface area (Å²) in [6.07, 6.45) is 4.54. The summed E-state index contributed by atoms with van der Waals surface area (Å²) in [5.74, 6) is 0.531. The lowest BCUT2D eigenvalue weighted by atomic mass is 10.2. The number of nitrogens with two attached hydrogens (primary N) is 1. The molecule has 2 atom stereocenters. The Labute approximate surface area is 110 Å². The highest BCUT2D eigenvalue weighted by molar-refractivity contribution is 5.78. The second-order valence-electron chi connectivity index (χ2n) is 4.78. The summed E-state index contributed by atoms with van der Waals surface area (Å²) in [6.45, 7) is 7.23. The Morgan fingerprint density at radius 3 is 3.11 bits per heavy atom. The average Bonchev–Trinajstić information content (AvgIpc) is 2.86. The summed E-state index contributed by atoms with van der Waals surface area (Å²) in [5, 5.41) is 3.13. The van der Waals surface area contributed by atoms with E-state index in [1.54, 1.807) is 0 Å². The average molecular weight is 257 g/mol. The van der Waals surface area contributed by atoms with Crippen molar-refractivity contribution in [2.45, 2.75) is 51.7 Å². The van der Waals surface area contributed by atoms with E-state index in [4.69, 9.17) is 15.2 Å². The molecule has 0 bridgehead atoms. The molecule has 18 heavy (non-hydrogen) atoms. The molecule has 0 aromatic rings. The van der Waals surface area contributed by atoms with Crippen molar-refractivity contribution in [2.75, 3.05) is 26.4 Å². The summed E-state index contributed by atoms with van der Waals surface area (Å²) < 4.78 is 11.0. The van der Waals surface area contributed by atoms with Gasteiger partial charge >= 0.3 is 0 Å². The summed E-state index contributed by atoms with van der Waals surface area (Å²) in [4.78, 5) is 4.25. The van der Waals surface area contributed by atoms with Gasteiger partial charge < -0.3 is 20.5 Å². The van der Waals surface area contributed by atoms with Crippen LogP contribution in [0.25, 0.3) is 0 Å². The zero-order valence-corrected chi connectivity index (χ0v) is 11.7. The fourth-order valence-electron chi connectivity index (χ4n) is 1.76. The molecule has 0 amide bonds. The number of nitrogens with one attached hydrogen (secondary N) is 1. The lowest BCUT2D eigenvalue weighted by molar-refractivity contribution is 0.0171. The molecule has 1 aliphatic heterocycles. The van der Waals surface area contributed by atoms with Gasteiger partial charge in [-0.3, -0.25) is 4.99 Å². The first-order chi connectivity index (χ1) is 8.72. The van der Waals surface area contributed by atoms with Gasteiger partial charge in [0.2, 0.25) is 0 Å². The molecule has 5 nitrogen and oxygen atoms in total. The van der Waals surface area contributed by atoms with Crippen LogP contribution in [0.4, 0.5) is 0 Å². The first-order valence-electron chi connectivity index (χ1n) is 6.98. The van der Waals surface area contributed by atoms with E-state index in [9.17, 15) is 0 Å². The number of guanidine groups is 1. The van der Waals surface area contributed by atoms with Crippen LogP contribution in [0.3, 0.4) is 0 Å². The van der Waals surface area contributed by atoms with Crippen LogP contribution in [0.5, 0.6) is 0 Å². The van der Waals surface area contributed by atoms with Crippen LogP contribution < -0.4 is 11.1 Å². The van der Waals surface area contributed by atoms with Crippen LogP contribution in [0.1, 0.15) is 39.5 Å². The third-order valence-electron chi connectivity index (χ3n) is 3.06. The molecule has 0 radical (unpaired) electrons. The Hall–Kier alpha value is -0.810. The molecule has 1 heterocycles. The van der Waals surface area contributed by atoms with Crippen LogP contribution >= 0.6 is 0 Å². The van der Waals surface area contributed by atoms with Crippen LogP contribution in [0.2, 0.25) is 0 Å². The SMILES string of the molecule is CCC(C)NC(N)=NCCCOCC1CCCO1. The van der Waals surface area contributed by atoms with Crippen molar-refractivity contribution >= 4 is 5.96 Å². The molecule has 5 heteroatoms. The van der Waals surface area contributed by atoms with Gasteiger partial charge in [-0.25, -0.2) is 0 Å². The van der Waals surface area contributed by atoms with Crippen molar-refractivity contribution < 1.29 is 9.47 Å². The van der Waals surface area contributed by atoms with Crippen molar-refractivity contribution in [3.8, 4) is 0 Å². The number of nitrogens with zero attached hydrogens (tertiary/aromatic N) is 1. The number of hydrogen-bond acceptors (Lipinski definition) is 3. The Morgan fingerprint density at radius 2 is 2.44 bits per heavy atom. The van der Waals surface area contributed by atoms with E-state index < -0.39 is 0 Å². The molecule has 3 N–H and O–H groups in total. The number of ether oxygens (including phenoxy) is 2. The molecular weight excluding hydrogens is 230 g/mol. The van der Waals surface area contributed by atoms with Gasteiger partial charge in [0.15, 0.2) is 5.96 Å². The monoisotopic (exact) mass is 257 g/mol. The van der Waals surface area contributed by atoms with E-state index in [1.807, 2.05) is 0 Å². The lowest BCUT2D eigenvalue weighted by Crippen LogP contribution is -2.38. The van der Waals surface area contributed by atoms with E-state index in [-0.39, 0.29) is 0 Å². The molecule has 0 aliphatic carbocycles. The predicted molar refractivity (Wildman–Crippen MR) is 73.8 cm³/mol. The minimum absolute atomic E-state index is 0.311. The smallest absolute Gasteiger partial charge is 0.188 e. The number of rotatable bonds is 8. The topological polar surface area (TPSA) is 68.9 Å². The molecular formula is C13H27N3O2. The van der Waals surface area contributed by atoms with Crippen LogP contribution in [0, 0.1) is 0 Å². The van der Waals surface area contributed by atoms with E-state index >= 15 is 0 Å². The maximum atomic E-state index is 5.74. The van der Waals surface area contributed by atoms with Gasteiger partial charge in [-0.2, -0.15) is 0 Å². The normalized spacial score (nSPS) is 22.1. The van der Waals surface area contributed by atoms with E-state index in [1.165, 1.54) is 0 Å². The van der Waals surface area contributed by atoms with Gasteiger partial charge in [0.1, 0.15) is 0 Å². The van der Waals surface area contributed by atoms with Crippen molar-refractivity contribution in [3.63, 3.8) is 0 Å². The first kappa shape index (κ1) is 15.2. The summed E-state index contributed by atoms with van der Waals surface area (Å²) in [5.41, 5.74) is 5.74. The Bertz CT molecular complexity index is 240. The van der Waals surface area contributed by atoms with Crippen LogP contribution in [0.15, 0.2) is 4.99 Å². The highest BCUT2D eigenvalue weighted by Crippen LogP contribution is 2.11. The zero-order chi connectivity index (χ0) is 13.2. The van der Waals surface area contributed by atoms with Gasteiger partial charge in [-0.1, -0.05) is 6.92 Å². The zero-order valence-electron chi connectivity index (χ0n) is 11.7. The third-order valence-corrected chi connectivity index (χ3v) is 3.06. The molecule has 106 valence electrons. The summed E-state index contributed by atoms with van der Waals surface area (Å²) >= 11 is 0. The highest BCUT2D eigenvalue weighted by Gasteiger charge is 2.14. The highest BCUT2D eigenvalue weighted by atomic mass is 16.5. The molecule has 1 saturated heterocycles. The molecule has 1 fully saturated rings. The van der Waals surface area contributed by atoms with Crippen LogP contribution in [-0.2, 0) is 9.47 Å². The maximum absolute atomic E-state index is 5.74. The Morgan fingerprint density at radius 1 is 1.61 bits per heavy atom. The molecule has 0 aromatic carbocycles. The molecule has 0 spiro atoms. The number of hydrogen-bond donors (Lipinski definition) is 2. The molecule has 1 rings (SSSR count). The molecule has 2 unspecified atom stereocenters. The minimum atomic E-state index is 0.311. The molecule has 1 aliphatic rings. The predicted octanol–water partition coefficient (Wildman–Crippen LogP) is 1.27. The van der Waals surface area contributed by atoms with Crippen LogP contribution in [-0.4, -0.2) is 44.5 Å². The Kier molecular flexibility index (Phi) is 7.76. The largest absolute Gasteiger partial charge is 0.379 e. The van der Waals surface area contributed by atoms with E-state index in [0.29, 0.717) is 31.3 Å².